The highest BCUT2D eigenvalue weighted by Crippen LogP contribution is 2.37. The van der Waals surface area contributed by atoms with Crippen LogP contribution in [-0.2, 0) is 0 Å². The number of halogens is 3. The number of hydrogen-bond donors (Lipinski definition) is 1. The van der Waals surface area contributed by atoms with Crippen LogP contribution >= 0.6 is 11.8 Å². The monoisotopic (exact) mass is 361 g/mol. The number of thioether (sulfide) groups is 1. The van der Waals surface area contributed by atoms with Crippen LogP contribution in [0, 0.1) is 18.3 Å². The van der Waals surface area contributed by atoms with Crippen LogP contribution < -0.4 is 0 Å². The molecule has 0 heterocycles. The van der Waals surface area contributed by atoms with Crippen molar-refractivity contribution in [3.63, 3.8) is 0 Å². The van der Waals surface area contributed by atoms with Crippen molar-refractivity contribution >= 4 is 17.5 Å². The Morgan fingerprint density at radius 1 is 1.12 bits per heavy atom. The number of nitriles is 1. The molecule has 0 amide bonds. The van der Waals surface area contributed by atoms with E-state index in [1.807, 2.05) is 0 Å². The summed E-state index contributed by atoms with van der Waals surface area (Å²) in [4.78, 5) is 0.594. The Balaban J connectivity index is 2.51. The molecule has 25 heavy (non-hydrogen) atoms. The Kier molecular flexibility index (Phi) is 5.94. The van der Waals surface area contributed by atoms with Gasteiger partial charge < -0.3 is 5.11 Å². The van der Waals surface area contributed by atoms with Gasteiger partial charge in [-0.05, 0) is 30.5 Å². The molecule has 6 heteroatoms. The third-order valence-electron chi connectivity index (χ3n) is 3.27. The highest BCUT2D eigenvalue weighted by Gasteiger charge is 2.38. The zero-order chi connectivity index (χ0) is 18.4. The first-order valence-electron chi connectivity index (χ1n) is 7.22. The lowest BCUT2D eigenvalue weighted by Crippen LogP contribution is -2.14. The van der Waals surface area contributed by atoms with Crippen molar-refractivity contribution in [2.24, 2.45) is 0 Å². The molecular weight excluding hydrogens is 347 g/mol. The number of rotatable bonds is 4. The topological polar surface area (TPSA) is 44.0 Å². The SMILES string of the molecule is Cc1cccc(/C(O)=C(C#N)/C(=C\Sc2ccccc2)C(F)(F)F)c1. The van der Waals surface area contributed by atoms with Crippen LogP contribution in [0.1, 0.15) is 11.1 Å². The second-order valence-electron chi connectivity index (χ2n) is 5.17. The van der Waals surface area contributed by atoms with E-state index in [-0.39, 0.29) is 5.56 Å². The maximum absolute atomic E-state index is 13.4. The van der Waals surface area contributed by atoms with Crippen LogP contribution in [0.5, 0.6) is 0 Å². The summed E-state index contributed by atoms with van der Waals surface area (Å²) in [5, 5.41) is 20.3. The Labute approximate surface area is 147 Å². The molecule has 0 saturated heterocycles. The standard InChI is InChI=1S/C19H14F3NOS/c1-13-6-5-7-14(10-13)18(24)16(11-23)17(19(20,21)22)12-25-15-8-3-2-4-9-15/h2-10,12,24H,1H3/b17-12+,18-16-. The van der Waals surface area contributed by atoms with Gasteiger partial charge in [0.15, 0.2) is 0 Å². The molecule has 0 aliphatic carbocycles. The van der Waals surface area contributed by atoms with Crippen LogP contribution in [-0.4, -0.2) is 11.3 Å². The van der Waals surface area contributed by atoms with Gasteiger partial charge in [-0.3, -0.25) is 0 Å². The number of nitrogens with zero attached hydrogens (tertiary/aromatic N) is 1. The van der Waals surface area contributed by atoms with Crippen molar-refractivity contribution in [2.75, 3.05) is 0 Å². The van der Waals surface area contributed by atoms with Gasteiger partial charge in [0.2, 0.25) is 0 Å². The highest BCUT2D eigenvalue weighted by molar-refractivity contribution is 8.02. The average Bonchev–Trinajstić information content (AvgIpc) is 2.58. The van der Waals surface area contributed by atoms with Crippen LogP contribution in [0.4, 0.5) is 13.2 Å². The van der Waals surface area contributed by atoms with Gasteiger partial charge in [0.25, 0.3) is 0 Å². The summed E-state index contributed by atoms with van der Waals surface area (Å²) in [6.45, 7) is 1.74. The molecule has 0 atom stereocenters. The fourth-order valence-electron chi connectivity index (χ4n) is 2.07. The van der Waals surface area contributed by atoms with Gasteiger partial charge in [-0.25, -0.2) is 0 Å². The van der Waals surface area contributed by atoms with Gasteiger partial charge in [-0.15, -0.1) is 0 Å². The molecule has 2 aromatic carbocycles. The van der Waals surface area contributed by atoms with Crippen LogP contribution in [0.25, 0.3) is 5.76 Å². The smallest absolute Gasteiger partial charge is 0.418 e. The van der Waals surface area contributed by atoms with E-state index in [0.29, 0.717) is 4.90 Å². The van der Waals surface area contributed by atoms with E-state index >= 15 is 0 Å². The van der Waals surface area contributed by atoms with Crippen molar-refractivity contribution in [1.29, 1.82) is 5.26 Å². The molecule has 0 saturated carbocycles. The molecule has 0 aliphatic heterocycles. The Bertz CT molecular complexity index is 849. The van der Waals surface area contributed by atoms with Gasteiger partial charge in [0, 0.05) is 10.5 Å². The molecule has 2 aromatic rings. The van der Waals surface area contributed by atoms with Crippen molar-refractivity contribution in [3.8, 4) is 6.07 Å². The van der Waals surface area contributed by atoms with Crippen molar-refractivity contribution in [2.45, 2.75) is 18.0 Å². The number of aryl methyl sites for hydroxylation is 1. The summed E-state index contributed by atoms with van der Waals surface area (Å²) in [6.07, 6.45) is -4.77. The zero-order valence-corrected chi connectivity index (χ0v) is 14.0. The number of aliphatic hydroxyl groups is 1. The van der Waals surface area contributed by atoms with Crippen molar-refractivity contribution in [1.82, 2.24) is 0 Å². The Morgan fingerprint density at radius 2 is 1.80 bits per heavy atom. The van der Waals surface area contributed by atoms with Gasteiger partial charge in [0.05, 0.1) is 5.57 Å². The highest BCUT2D eigenvalue weighted by atomic mass is 32.2. The largest absolute Gasteiger partial charge is 0.506 e. The normalized spacial score (nSPS) is 13.2. The van der Waals surface area contributed by atoms with Crippen LogP contribution in [0.15, 0.2) is 76.0 Å². The predicted octanol–water partition coefficient (Wildman–Crippen LogP) is 6.03. The first-order valence-corrected chi connectivity index (χ1v) is 8.10. The van der Waals surface area contributed by atoms with Crippen molar-refractivity contribution in [3.05, 3.63) is 82.3 Å². The van der Waals surface area contributed by atoms with E-state index in [1.54, 1.807) is 49.4 Å². The summed E-state index contributed by atoms with van der Waals surface area (Å²) in [7, 11) is 0. The van der Waals surface area contributed by atoms with E-state index in [0.717, 1.165) is 22.7 Å². The molecule has 2 rings (SSSR count). The molecule has 0 radical (unpaired) electrons. The molecule has 0 fully saturated rings. The molecule has 0 aromatic heterocycles. The predicted molar refractivity (Wildman–Crippen MR) is 92.8 cm³/mol. The molecule has 128 valence electrons. The lowest BCUT2D eigenvalue weighted by atomic mass is 10.0. The Hall–Kier alpha value is -2.65. The summed E-state index contributed by atoms with van der Waals surface area (Å²) in [5.41, 5.74) is -1.06. The maximum atomic E-state index is 13.4. The summed E-state index contributed by atoms with van der Waals surface area (Å²) < 4.78 is 40.3. The molecule has 0 aliphatic rings. The van der Waals surface area contributed by atoms with E-state index in [4.69, 9.17) is 0 Å². The van der Waals surface area contributed by atoms with Gasteiger partial charge in [-0.2, -0.15) is 18.4 Å². The number of aliphatic hydroxyl groups excluding tert-OH is 1. The number of allylic oxidation sites excluding steroid dienone is 2. The average molecular weight is 361 g/mol. The quantitative estimate of drug-likeness (QED) is 0.313. The van der Waals surface area contributed by atoms with Crippen molar-refractivity contribution < 1.29 is 18.3 Å². The van der Waals surface area contributed by atoms with Gasteiger partial charge in [-0.1, -0.05) is 53.7 Å². The molecule has 0 unspecified atom stereocenters. The number of alkyl halides is 3. The van der Waals surface area contributed by atoms with E-state index in [9.17, 15) is 23.5 Å². The first kappa shape index (κ1) is 18.7. The summed E-state index contributed by atoms with van der Waals surface area (Å²) in [5.74, 6) is -0.691. The fraction of sp³-hybridized carbons (Fsp3) is 0.105. The third-order valence-corrected chi connectivity index (χ3v) is 4.17. The first-order chi connectivity index (χ1) is 11.8. The molecule has 0 bridgehead atoms. The number of benzene rings is 2. The van der Waals surface area contributed by atoms with E-state index < -0.39 is 23.1 Å². The summed E-state index contributed by atoms with van der Waals surface area (Å²) in [6, 6.07) is 16.3. The fourth-order valence-corrected chi connectivity index (χ4v) is 2.89. The van der Waals surface area contributed by atoms with Gasteiger partial charge >= 0.3 is 6.18 Å². The number of hydrogen-bond acceptors (Lipinski definition) is 3. The molecule has 2 nitrogen and oxygen atoms in total. The third kappa shape index (κ3) is 4.91. The maximum Gasteiger partial charge on any atom is 0.418 e. The zero-order valence-electron chi connectivity index (χ0n) is 13.2. The molecule has 1 N–H and O–H groups in total. The molecule has 0 spiro atoms. The molecular formula is C19H14F3NOS. The lowest BCUT2D eigenvalue weighted by molar-refractivity contribution is -0.0887. The minimum Gasteiger partial charge on any atom is -0.506 e. The van der Waals surface area contributed by atoms with Crippen LogP contribution in [0.2, 0.25) is 0 Å². The van der Waals surface area contributed by atoms with Gasteiger partial charge in [0.1, 0.15) is 17.4 Å². The minimum atomic E-state index is -4.77. The second-order valence-corrected chi connectivity index (χ2v) is 6.11. The second kappa shape index (κ2) is 7.95. The summed E-state index contributed by atoms with van der Waals surface area (Å²) >= 11 is 0.836. The minimum absolute atomic E-state index is 0.163. The van der Waals surface area contributed by atoms with E-state index in [2.05, 4.69) is 0 Å². The lowest BCUT2D eigenvalue weighted by Gasteiger charge is -2.13. The Morgan fingerprint density at radius 3 is 2.36 bits per heavy atom. The van der Waals surface area contributed by atoms with Crippen LogP contribution in [0.3, 0.4) is 0 Å². The van der Waals surface area contributed by atoms with E-state index in [1.165, 1.54) is 18.2 Å².